The Bertz CT molecular complexity index is 1150. The number of nitrogens with zero attached hydrogens (tertiary/aromatic N) is 2. The largest absolute Gasteiger partial charge is 0.369 e. The molecule has 32 heavy (non-hydrogen) atoms. The van der Waals surface area contributed by atoms with Gasteiger partial charge in [0.05, 0.1) is 23.8 Å². The van der Waals surface area contributed by atoms with Crippen LogP contribution in [0.1, 0.15) is 0 Å². The Morgan fingerprint density at radius 3 is 1.50 bits per heavy atom. The van der Waals surface area contributed by atoms with Gasteiger partial charge in [0.15, 0.2) is 11.9 Å². The molecule has 2 aromatic carbocycles. The number of imidazole rings is 2. The van der Waals surface area contributed by atoms with Crippen LogP contribution in [0, 0.1) is 11.6 Å². The summed E-state index contributed by atoms with van der Waals surface area (Å²) in [6.45, 7) is 0. The van der Waals surface area contributed by atoms with Crippen LogP contribution in [0.15, 0.2) is 48.8 Å². The molecule has 0 saturated heterocycles. The van der Waals surface area contributed by atoms with E-state index in [1.807, 2.05) is 0 Å². The van der Waals surface area contributed by atoms with E-state index in [1.165, 1.54) is 24.5 Å². The average molecular weight is 483 g/mol. The third kappa shape index (κ3) is 5.65. The van der Waals surface area contributed by atoms with Crippen LogP contribution < -0.4 is 22.1 Å². The standard InChI is InChI=1S/C19H16F2N8O.2ClH/c20-11-1-9(15-7-24-17(22)28-15)3-13(5-11)26-19(30)27-14-4-10(2-12(21)6-14)16-8-25-18(23)29-16;;/h1-8H,(H3,22,24,28)(H3,23,25,29)(H2,26,27,30);2*1H. The third-order valence-corrected chi connectivity index (χ3v) is 4.12. The Balaban J connectivity index is 0.00000181. The van der Waals surface area contributed by atoms with Gasteiger partial charge in [-0.2, -0.15) is 0 Å². The van der Waals surface area contributed by atoms with E-state index in [4.69, 9.17) is 11.5 Å². The molecule has 0 aliphatic heterocycles. The molecule has 0 atom stereocenters. The number of anilines is 4. The number of urea groups is 1. The molecule has 0 aliphatic rings. The number of H-pyrrole nitrogens is 2. The minimum Gasteiger partial charge on any atom is -0.369 e. The minimum absolute atomic E-state index is 0. The number of hydrogen-bond acceptors (Lipinski definition) is 5. The summed E-state index contributed by atoms with van der Waals surface area (Å²) in [7, 11) is 0. The van der Waals surface area contributed by atoms with E-state index in [9.17, 15) is 13.6 Å². The lowest BCUT2D eigenvalue weighted by atomic mass is 10.1. The highest BCUT2D eigenvalue weighted by Gasteiger charge is 2.11. The Labute approximate surface area is 192 Å². The number of nitrogens with one attached hydrogen (secondary N) is 4. The molecule has 0 spiro atoms. The maximum Gasteiger partial charge on any atom is 0.323 e. The van der Waals surface area contributed by atoms with Crippen LogP contribution in [0.4, 0.5) is 36.8 Å². The van der Waals surface area contributed by atoms with Crippen molar-refractivity contribution in [1.82, 2.24) is 19.9 Å². The number of carbonyl (C=O) groups excluding carboxylic acids is 1. The highest BCUT2D eigenvalue weighted by molar-refractivity contribution is 6.00. The van der Waals surface area contributed by atoms with Gasteiger partial charge < -0.3 is 32.1 Å². The second-order valence-electron chi connectivity index (χ2n) is 6.40. The first kappa shape index (κ1) is 24.4. The first-order valence-corrected chi connectivity index (χ1v) is 8.66. The summed E-state index contributed by atoms with van der Waals surface area (Å²) in [6.07, 6.45) is 2.90. The Morgan fingerprint density at radius 1 is 0.750 bits per heavy atom. The zero-order valence-electron chi connectivity index (χ0n) is 16.1. The minimum atomic E-state index is -0.684. The molecule has 13 heteroatoms. The van der Waals surface area contributed by atoms with Crippen LogP contribution in [0.25, 0.3) is 22.5 Å². The lowest BCUT2D eigenvalue weighted by Gasteiger charge is -2.10. The molecule has 4 rings (SSSR count). The normalized spacial score (nSPS) is 10.1. The van der Waals surface area contributed by atoms with Gasteiger partial charge in [-0.15, -0.1) is 24.8 Å². The summed E-state index contributed by atoms with van der Waals surface area (Å²) < 4.78 is 28.0. The highest BCUT2D eigenvalue weighted by atomic mass is 35.5. The second kappa shape index (κ2) is 9.98. The molecule has 2 heterocycles. The van der Waals surface area contributed by atoms with E-state index in [1.54, 1.807) is 12.1 Å². The molecule has 0 aliphatic carbocycles. The van der Waals surface area contributed by atoms with E-state index >= 15 is 0 Å². The monoisotopic (exact) mass is 482 g/mol. The van der Waals surface area contributed by atoms with Crippen molar-refractivity contribution in [2.24, 2.45) is 0 Å². The van der Waals surface area contributed by atoms with Crippen molar-refractivity contribution < 1.29 is 13.6 Å². The third-order valence-electron chi connectivity index (χ3n) is 4.12. The molecule has 2 aromatic heterocycles. The van der Waals surface area contributed by atoms with Gasteiger partial charge in [0.2, 0.25) is 0 Å². The number of nitrogens with two attached hydrogens (primary N) is 2. The first-order valence-electron chi connectivity index (χ1n) is 8.66. The van der Waals surface area contributed by atoms with E-state index in [2.05, 4.69) is 30.6 Å². The Morgan fingerprint density at radius 2 is 1.16 bits per heavy atom. The van der Waals surface area contributed by atoms with Crippen molar-refractivity contribution in [2.75, 3.05) is 22.1 Å². The predicted molar refractivity (Wildman–Crippen MR) is 124 cm³/mol. The van der Waals surface area contributed by atoms with Crippen LogP contribution in [0.5, 0.6) is 0 Å². The van der Waals surface area contributed by atoms with Gasteiger partial charge in [0, 0.05) is 22.5 Å². The Kier molecular flexibility index (Phi) is 7.63. The average Bonchev–Trinajstić information content (AvgIpc) is 3.29. The van der Waals surface area contributed by atoms with E-state index in [-0.39, 0.29) is 48.1 Å². The second-order valence-corrected chi connectivity index (χ2v) is 6.40. The Hall–Kier alpha value is -3.83. The maximum absolute atomic E-state index is 14.0. The SMILES string of the molecule is Cl.Cl.Nc1ncc(-c2cc(F)cc(NC(=O)Nc3cc(F)cc(-c4cnc(N)[nH]4)c3)c2)[nH]1. The van der Waals surface area contributed by atoms with Crippen molar-refractivity contribution in [3.05, 3.63) is 60.4 Å². The fourth-order valence-electron chi connectivity index (χ4n) is 2.89. The molecule has 2 amide bonds. The van der Waals surface area contributed by atoms with Gasteiger partial charge in [0.25, 0.3) is 0 Å². The molecule has 168 valence electrons. The topological polar surface area (TPSA) is 151 Å². The number of rotatable bonds is 4. The summed E-state index contributed by atoms with van der Waals surface area (Å²) in [5.41, 5.74) is 13.3. The lowest BCUT2D eigenvalue weighted by Crippen LogP contribution is -2.19. The van der Waals surface area contributed by atoms with Gasteiger partial charge in [-0.3, -0.25) is 0 Å². The van der Waals surface area contributed by atoms with Crippen molar-refractivity contribution in [3.63, 3.8) is 0 Å². The predicted octanol–water partition coefficient (Wildman–Crippen LogP) is 4.40. The van der Waals surface area contributed by atoms with E-state index in [0.29, 0.717) is 22.5 Å². The number of carbonyl (C=O) groups is 1. The van der Waals surface area contributed by atoms with E-state index < -0.39 is 17.7 Å². The maximum atomic E-state index is 14.0. The summed E-state index contributed by atoms with van der Waals surface area (Å²) in [5, 5.41) is 5.03. The van der Waals surface area contributed by atoms with Crippen molar-refractivity contribution in [3.8, 4) is 22.5 Å². The number of benzene rings is 2. The van der Waals surface area contributed by atoms with Gasteiger partial charge >= 0.3 is 6.03 Å². The molecular formula is C19H18Cl2F2N8O. The highest BCUT2D eigenvalue weighted by Crippen LogP contribution is 2.25. The molecule has 9 nitrogen and oxygen atoms in total. The molecule has 4 aromatic rings. The van der Waals surface area contributed by atoms with Crippen LogP contribution >= 0.6 is 24.8 Å². The fourth-order valence-corrected chi connectivity index (χ4v) is 2.89. The number of nitrogen functional groups attached to an aromatic ring is 2. The first-order chi connectivity index (χ1) is 14.4. The van der Waals surface area contributed by atoms with Gasteiger partial charge in [-0.05, 0) is 36.4 Å². The van der Waals surface area contributed by atoms with Crippen molar-refractivity contribution in [1.29, 1.82) is 0 Å². The molecule has 8 N–H and O–H groups in total. The van der Waals surface area contributed by atoms with Gasteiger partial charge in [-0.1, -0.05) is 0 Å². The fraction of sp³-hybridized carbons (Fsp3) is 0. The van der Waals surface area contributed by atoms with Crippen LogP contribution in [0.2, 0.25) is 0 Å². The number of aromatic amines is 2. The van der Waals surface area contributed by atoms with Crippen LogP contribution in [-0.2, 0) is 0 Å². The molecule has 0 fully saturated rings. The molecule has 0 bridgehead atoms. The summed E-state index contributed by atoms with van der Waals surface area (Å²) in [6, 6.07) is 7.23. The van der Waals surface area contributed by atoms with E-state index in [0.717, 1.165) is 12.1 Å². The van der Waals surface area contributed by atoms with Crippen molar-refractivity contribution >= 4 is 54.1 Å². The van der Waals surface area contributed by atoms with Crippen molar-refractivity contribution in [2.45, 2.75) is 0 Å². The number of halogens is 4. The molecule has 0 unspecified atom stereocenters. The zero-order valence-corrected chi connectivity index (χ0v) is 17.8. The zero-order chi connectivity index (χ0) is 21.3. The van der Waals surface area contributed by atoms with Crippen LogP contribution in [0.3, 0.4) is 0 Å². The summed E-state index contributed by atoms with van der Waals surface area (Å²) in [5.74, 6) is -0.772. The quantitative estimate of drug-likeness (QED) is 0.254. The number of hydrogen-bond donors (Lipinski definition) is 6. The van der Waals surface area contributed by atoms with Gasteiger partial charge in [-0.25, -0.2) is 23.5 Å². The lowest BCUT2D eigenvalue weighted by molar-refractivity contribution is 0.262. The summed E-state index contributed by atoms with van der Waals surface area (Å²) in [4.78, 5) is 25.6. The molecule has 0 saturated carbocycles. The summed E-state index contributed by atoms with van der Waals surface area (Å²) >= 11 is 0. The number of amides is 2. The van der Waals surface area contributed by atoms with Gasteiger partial charge in [0.1, 0.15) is 11.6 Å². The molecular weight excluding hydrogens is 465 g/mol. The van der Waals surface area contributed by atoms with Crippen LogP contribution in [-0.4, -0.2) is 26.0 Å². The molecule has 0 radical (unpaired) electrons. The number of aromatic nitrogens is 4. The smallest absolute Gasteiger partial charge is 0.323 e.